The smallest absolute Gasteiger partial charge is 0.311 e. The SMILES string of the molecule is CCC(C)(C)C(=O)OC1CC(C)C=C2C=CC(C)C(CC[C@@H]3C[C@@H](O)CC(=O)O3)C21. The molecule has 0 amide bonds. The fraction of sp³-hybridized carbons (Fsp3) is 0.760. The predicted octanol–water partition coefficient (Wildman–Crippen LogP) is 4.59. The third-order valence-corrected chi connectivity index (χ3v) is 7.35. The zero-order chi connectivity index (χ0) is 22.1. The fourth-order valence-electron chi connectivity index (χ4n) is 5.08. The second-order valence-corrected chi connectivity index (χ2v) is 10.3. The Labute approximate surface area is 180 Å². The van der Waals surface area contributed by atoms with Crippen LogP contribution in [0.5, 0.6) is 0 Å². The summed E-state index contributed by atoms with van der Waals surface area (Å²) >= 11 is 0. The molecule has 5 nitrogen and oxygen atoms in total. The van der Waals surface area contributed by atoms with Crippen LogP contribution in [0.3, 0.4) is 0 Å². The summed E-state index contributed by atoms with van der Waals surface area (Å²) in [6, 6.07) is 0. The van der Waals surface area contributed by atoms with Gasteiger partial charge in [-0.25, -0.2) is 0 Å². The van der Waals surface area contributed by atoms with Crippen molar-refractivity contribution < 1.29 is 24.2 Å². The minimum atomic E-state index is -0.601. The van der Waals surface area contributed by atoms with Crippen molar-refractivity contribution in [3.05, 3.63) is 23.8 Å². The molecule has 0 spiro atoms. The lowest BCUT2D eigenvalue weighted by molar-refractivity contribution is -0.166. The van der Waals surface area contributed by atoms with Crippen LogP contribution in [0.4, 0.5) is 0 Å². The van der Waals surface area contributed by atoms with Crippen molar-refractivity contribution in [2.75, 3.05) is 0 Å². The quantitative estimate of drug-likeness (QED) is 0.639. The summed E-state index contributed by atoms with van der Waals surface area (Å²) in [4.78, 5) is 24.6. The van der Waals surface area contributed by atoms with Gasteiger partial charge in [-0.1, -0.05) is 39.0 Å². The molecule has 0 radical (unpaired) electrons. The molecule has 0 bridgehead atoms. The topological polar surface area (TPSA) is 72.8 Å². The molecule has 0 aromatic rings. The Balaban J connectivity index is 1.76. The minimum Gasteiger partial charge on any atom is -0.462 e. The van der Waals surface area contributed by atoms with E-state index in [0.29, 0.717) is 24.2 Å². The van der Waals surface area contributed by atoms with E-state index in [-0.39, 0.29) is 36.5 Å². The molecule has 3 rings (SSSR count). The molecular formula is C25H38O5. The van der Waals surface area contributed by atoms with Gasteiger partial charge < -0.3 is 14.6 Å². The number of esters is 2. The van der Waals surface area contributed by atoms with E-state index in [1.807, 2.05) is 20.8 Å². The fourth-order valence-corrected chi connectivity index (χ4v) is 5.08. The van der Waals surface area contributed by atoms with E-state index >= 15 is 0 Å². The highest BCUT2D eigenvalue weighted by Gasteiger charge is 2.43. The number of cyclic esters (lactones) is 1. The first-order valence-corrected chi connectivity index (χ1v) is 11.6. The average Bonchev–Trinajstić information content (AvgIpc) is 2.66. The molecule has 168 valence electrons. The van der Waals surface area contributed by atoms with Crippen LogP contribution in [0.1, 0.15) is 73.1 Å². The summed E-state index contributed by atoms with van der Waals surface area (Å²) in [7, 11) is 0. The van der Waals surface area contributed by atoms with E-state index in [0.717, 1.165) is 25.7 Å². The lowest BCUT2D eigenvalue weighted by Gasteiger charge is -2.44. The highest BCUT2D eigenvalue weighted by Crippen LogP contribution is 2.45. The Morgan fingerprint density at radius 3 is 2.67 bits per heavy atom. The van der Waals surface area contributed by atoms with E-state index in [1.54, 1.807) is 0 Å². The molecule has 1 fully saturated rings. The van der Waals surface area contributed by atoms with Gasteiger partial charge in [-0.3, -0.25) is 9.59 Å². The molecule has 5 unspecified atom stereocenters. The molecule has 1 aliphatic heterocycles. The van der Waals surface area contributed by atoms with Crippen molar-refractivity contribution in [3.8, 4) is 0 Å². The Morgan fingerprint density at radius 2 is 2.00 bits per heavy atom. The number of allylic oxidation sites excluding steroid dienone is 3. The number of aliphatic hydroxyl groups excluding tert-OH is 1. The molecule has 2 aliphatic carbocycles. The van der Waals surface area contributed by atoms with Gasteiger partial charge in [0.1, 0.15) is 12.2 Å². The van der Waals surface area contributed by atoms with E-state index < -0.39 is 11.5 Å². The van der Waals surface area contributed by atoms with Gasteiger partial charge in [-0.2, -0.15) is 0 Å². The normalized spacial score (nSPS) is 36.5. The summed E-state index contributed by atoms with van der Waals surface area (Å²) in [6.45, 7) is 10.3. The van der Waals surface area contributed by atoms with E-state index in [4.69, 9.17) is 9.47 Å². The van der Waals surface area contributed by atoms with E-state index in [1.165, 1.54) is 5.57 Å². The van der Waals surface area contributed by atoms with Gasteiger partial charge in [-0.05, 0) is 62.9 Å². The first kappa shape index (κ1) is 23.1. The van der Waals surface area contributed by atoms with Gasteiger partial charge in [0.25, 0.3) is 0 Å². The summed E-state index contributed by atoms with van der Waals surface area (Å²) in [5, 5.41) is 9.92. The highest BCUT2D eigenvalue weighted by atomic mass is 16.6. The molecule has 0 aromatic heterocycles. The van der Waals surface area contributed by atoms with Crippen LogP contribution in [0.15, 0.2) is 23.8 Å². The zero-order valence-corrected chi connectivity index (χ0v) is 19.1. The number of carbonyl (C=O) groups is 2. The summed E-state index contributed by atoms with van der Waals surface area (Å²) < 4.78 is 11.6. The van der Waals surface area contributed by atoms with E-state index in [2.05, 4.69) is 32.1 Å². The number of rotatable bonds is 6. The van der Waals surface area contributed by atoms with Crippen LogP contribution in [0.25, 0.3) is 0 Å². The van der Waals surface area contributed by atoms with Crippen molar-refractivity contribution in [2.45, 2.75) is 91.5 Å². The molecule has 0 aromatic carbocycles. The number of aliphatic hydroxyl groups is 1. The van der Waals surface area contributed by atoms with Crippen LogP contribution in [-0.2, 0) is 19.1 Å². The third-order valence-electron chi connectivity index (χ3n) is 7.35. The standard InChI is InChI=1S/C25H38O5/c1-6-25(4,5)24(28)30-21-12-15(2)11-17-8-7-16(3)20(23(17)21)10-9-19-13-18(26)14-22(27)29-19/h7-8,11,15-16,18-21,23,26H,6,9-10,12-14H2,1-5H3/t15?,16?,18-,19-,20?,21?,23?/m1/s1. The van der Waals surface area contributed by atoms with Gasteiger partial charge in [0.05, 0.1) is 17.9 Å². The molecule has 1 N–H and O–H groups in total. The first-order chi connectivity index (χ1) is 14.1. The van der Waals surface area contributed by atoms with Gasteiger partial charge >= 0.3 is 11.9 Å². The average molecular weight is 419 g/mol. The summed E-state index contributed by atoms with van der Waals surface area (Å²) in [5.41, 5.74) is 0.785. The van der Waals surface area contributed by atoms with Crippen molar-refractivity contribution in [1.29, 1.82) is 0 Å². The second kappa shape index (κ2) is 9.25. The lowest BCUT2D eigenvalue weighted by atomic mass is 9.65. The summed E-state index contributed by atoms with van der Waals surface area (Å²) in [6.07, 6.45) is 9.61. The van der Waals surface area contributed by atoms with Gasteiger partial charge in [0.15, 0.2) is 0 Å². The van der Waals surface area contributed by atoms with Gasteiger partial charge in [0, 0.05) is 12.3 Å². The van der Waals surface area contributed by atoms with Crippen molar-refractivity contribution in [2.24, 2.45) is 29.1 Å². The van der Waals surface area contributed by atoms with Crippen molar-refractivity contribution in [3.63, 3.8) is 0 Å². The van der Waals surface area contributed by atoms with Crippen molar-refractivity contribution in [1.82, 2.24) is 0 Å². The maximum atomic E-state index is 12.9. The molecule has 30 heavy (non-hydrogen) atoms. The molecule has 1 heterocycles. The van der Waals surface area contributed by atoms with Crippen LogP contribution in [0, 0.1) is 29.1 Å². The Hall–Kier alpha value is -1.62. The molecule has 7 atom stereocenters. The maximum Gasteiger partial charge on any atom is 0.311 e. The second-order valence-electron chi connectivity index (χ2n) is 10.3. The molecule has 5 heteroatoms. The van der Waals surface area contributed by atoms with Crippen molar-refractivity contribution >= 4 is 11.9 Å². The lowest BCUT2D eigenvalue weighted by Crippen LogP contribution is -2.43. The monoisotopic (exact) mass is 418 g/mol. The Kier molecular flexibility index (Phi) is 7.11. The number of hydrogen-bond donors (Lipinski definition) is 1. The van der Waals surface area contributed by atoms with Gasteiger partial charge in [0.2, 0.25) is 0 Å². The minimum absolute atomic E-state index is 0.0949. The third kappa shape index (κ3) is 5.16. The number of fused-ring (bicyclic) bond motifs is 1. The van der Waals surface area contributed by atoms with Crippen LogP contribution in [0.2, 0.25) is 0 Å². The molecular weight excluding hydrogens is 380 g/mol. The molecule has 0 saturated carbocycles. The van der Waals surface area contributed by atoms with Crippen LogP contribution in [-0.4, -0.2) is 35.4 Å². The number of carbonyl (C=O) groups excluding carboxylic acids is 2. The summed E-state index contributed by atoms with van der Waals surface area (Å²) in [5.74, 6) is 0.776. The highest BCUT2D eigenvalue weighted by molar-refractivity contribution is 5.76. The van der Waals surface area contributed by atoms with Gasteiger partial charge in [-0.15, -0.1) is 0 Å². The number of ether oxygens (including phenoxy) is 2. The Bertz CT molecular complexity index is 706. The zero-order valence-electron chi connectivity index (χ0n) is 19.1. The molecule has 3 aliphatic rings. The molecule has 1 saturated heterocycles. The maximum absolute atomic E-state index is 12.9. The van der Waals surface area contributed by atoms with Crippen LogP contribution < -0.4 is 0 Å². The van der Waals surface area contributed by atoms with Crippen LogP contribution >= 0.6 is 0 Å². The predicted molar refractivity (Wildman–Crippen MR) is 115 cm³/mol. The van der Waals surface area contributed by atoms with E-state index in [9.17, 15) is 14.7 Å². The first-order valence-electron chi connectivity index (χ1n) is 11.6. The number of hydrogen-bond acceptors (Lipinski definition) is 5. The largest absolute Gasteiger partial charge is 0.462 e. The Morgan fingerprint density at radius 1 is 1.27 bits per heavy atom.